The summed E-state index contributed by atoms with van der Waals surface area (Å²) >= 11 is 0. The highest BCUT2D eigenvalue weighted by atomic mass is 19.4. The van der Waals surface area contributed by atoms with Crippen molar-refractivity contribution < 1.29 is 26.3 Å². The minimum absolute atomic E-state index is 0.0600. The maximum Gasteiger partial charge on any atom is 0.416 e. The predicted octanol–water partition coefficient (Wildman–Crippen LogP) is 11.3. The highest BCUT2D eigenvalue weighted by Gasteiger charge is 2.32. The number of nitrogens with zero attached hydrogens (tertiary/aromatic N) is 1. The summed E-state index contributed by atoms with van der Waals surface area (Å²) < 4.78 is 79.0. The summed E-state index contributed by atoms with van der Waals surface area (Å²) in [5.74, 6) is 1.11. The van der Waals surface area contributed by atoms with Crippen molar-refractivity contribution in [2.75, 3.05) is 13.1 Å². The van der Waals surface area contributed by atoms with Gasteiger partial charge < -0.3 is 0 Å². The fraction of sp³-hybridized carbons (Fsp3) is 0.486. The van der Waals surface area contributed by atoms with Crippen molar-refractivity contribution >= 4 is 0 Å². The second-order valence-corrected chi connectivity index (χ2v) is 12.2. The van der Waals surface area contributed by atoms with Crippen LogP contribution in [0.2, 0.25) is 0 Å². The Hall–Kier alpha value is -2.80. The number of hydrogen-bond acceptors (Lipinski definition) is 1. The lowest BCUT2D eigenvalue weighted by Crippen LogP contribution is -2.36. The molecule has 1 fully saturated rings. The van der Waals surface area contributed by atoms with E-state index in [0.29, 0.717) is 17.8 Å². The second kappa shape index (κ2) is 13.2. The van der Waals surface area contributed by atoms with Gasteiger partial charge in [-0.2, -0.15) is 26.3 Å². The summed E-state index contributed by atoms with van der Waals surface area (Å²) in [6.07, 6.45) is -4.07. The molecule has 0 aliphatic carbocycles. The van der Waals surface area contributed by atoms with E-state index in [-0.39, 0.29) is 6.04 Å². The fourth-order valence-electron chi connectivity index (χ4n) is 5.94. The average Bonchev–Trinajstić information content (AvgIpc) is 2.96. The zero-order valence-electron chi connectivity index (χ0n) is 24.8. The molecule has 2 atom stereocenters. The van der Waals surface area contributed by atoms with Crippen molar-refractivity contribution in [2.45, 2.75) is 90.0 Å². The van der Waals surface area contributed by atoms with Gasteiger partial charge >= 0.3 is 12.4 Å². The van der Waals surface area contributed by atoms with Crippen molar-refractivity contribution in [2.24, 2.45) is 5.92 Å². The number of rotatable bonds is 9. The predicted molar refractivity (Wildman–Crippen MR) is 157 cm³/mol. The third-order valence-corrected chi connectivity index (χ3v) is 8.79. The Bertz CT molecular complexity index is 1280. The second-order valence-electron chi connectivity index (χ2n) is 12.2. The van der Waals surface area contributed by atoms with Crippen molar-refractivity contribution in [3.05, 3.63) is 94.5 Å². The molecule has 0 spiro atoms. The molecule has 0 amide bonds. The minimum atomic E-state index is -4.37. The molecule has 1 saturated heterocycles. The highest BCUT2D eigenvalue weighted by molar-refractivity contribution is 5.66. The quantitative estimate of drug-likeness (QED) is 0.224. The Labute approximate surface area is 245 Å². The molecule has 7 heteroatoms. The molecular weight excluding hydrogens is 548 g/mol. The number of likely N-dealkylation sites (tertiary alicyclic amines) is 1. The fourth-order valence-corrected chi connectivity index (χ4v) is 5.94. The van der Waals surface area contributed by atoms with Gasteiger partial charge in [0.2, 0.25) is 0 Å². The van der Waals surface area contributed by atoms with Crippen LogP contribution < -0.4 is 0 Å². The summed E-state index contributed by atoms with van der Waals surface area (Å²) in [7, 11) is 0. The number of benzene rings is 3. The van der Waals surface area contributed by atoms with E-state index in [1.165, 1.54) is 23.3 Å². The van der Waals surface area contributed by atoms with E-state index in [9.17, 15) is 26.3 Å². The van der Waals surface area contributed by atoms with Gasteiger partial charge in [0.15, 0.2) is 0 Å². The summed E-state index contributed by atoms with van der Waals surface area (Å²) in [6, 6.07) is 17.6. The van der Waals surface area contributed by atoms with E-state index < -0.39 is 23.5 Å². The van der Waals surface area contributed by atoms with E-state index in [1.54, 1.807) is 24.3 Å². The van der Waals surface area contributed by atoms with Crippen LogP contribution in [0.3, 0.4) is 0 Å². The number of alkyl halides is 6. The molecule has 4 rings (SSSR count). The topological polar surface area (TPSA) is 3.24 Å². The third kappa shape index (κ3) is 7.97. The first-order valence-electron chi connectivity index (χ1n) is 15.0. The smallest absolute Gasteiger partial charge is 0.296 e. The van der Waals surface area contributed by atoms with Crippen LogP contribution in [0.25, 0.3) is 11.1 Å². The van der Waals surface area contributed by atoms with E-state index in [0.717, 1.165) is 74.0 Å². The van der Waals surface area contributed by atoms with Crippen molar-refractivity contribution in [1.82, 2.24) is 4.90 Å². The van der Waals surface area contributed by atoms with Gasteiger partial charge in [0.25, 0.3) is 0 Å². The molecule has 1 heterocycles. The number of hydrogen-bond donors (Lipinski definition) is 0. The Balaban J connectivity index is 1.56. The van der Waals surface area contributed by atoms with Crippen LogP contribution in [-0.4, -0.2) is 18.0 Å². The van der Waals surface area contributed by atoms with Crippen molar-refractivity contribution in [3.63, 3.8) is 0 Å². The number of piperidine rings is 1. The van der Waals surface area contributed by atoms with Gasteiger partial charge in [-0.15, -0.1) is 0 Å². The van der Waals surface area contributed by atoms with E-state index in [4.69, 9.17) is 0 Å². The van der Waals surface area contributed by atoms with Gasteiger partial charge in [-0.1, -0.05) is 70.2 Å². The molecule has 0 N–H and O–H groups in total. The first-order chi connectivity index (χ1) is 19.8. The Morgan fingerprint density at radius 2 is 1.24 bits per heavy atom. The first-order valence-corrected chi connectivity index (χ1v) is 15.0. The van der Waals surface area contributed by atoms with Gasteiger partial charge in [-0.25, -0.2) is 0 Å². The van der Waals surface area contributed by atoms with Gasteiger partial charge in [0.05, 0.1) is 11.1 Å². The largest absolute Gasteiger partial charge is 0.416 e. The van der Waals surface area contributed by atoms with Crippen LogP contribution in [-0.2, 0) is 12.4 Å². The minimum Gasteiger partial charge on any atom is -0.296 e. The van der Waals surface area contributed by atoms with Crippen LogP contribution in [0.4, 0.5) is 26.3 Å². The monoisotopic (exact) mass is 589 g/mol. The van der Waals surface area contributed by atoms with Crippen LogP contribution in [0.1, 0.15) is 105 Å². The first kappa shape index (κ1) is 32.1. The standard InChI is InChI=1S/C35H41F6N/c1-5-24(4)28-20-29(25-7-11-31(12-8-25)34(36,37)38)22-30(21-28)26-16-18-42(19-17-26)33(15-6-23(2)3)27-9-13-32(14-10-27)35(39,40)41/h7-14,20-24,26,33H,5-6,15-19H2,1-4H3. The van der Waals surface area contributed by atoms with Crippen LogP contribution in [0, 0.1) is 5.92 Å². The zero-order chi connectivity index (χ0) is 30.7. The molecule has 0 aromatic heterocycles. The molecule has 1 nitrogen and oxygen atoms in total. The average molecular weight is 590 g/mol. The number of halogens is 6. The molecule has 0 saturated carbocycles. The SMILES string of the molecule is CCC(C)c1cc(-c2ccc(C(F)(F)F)cc2)cc(C2CCN(C(CCC(C)C)c3ccc(C(F)(F)F)cc3)CC2)c1. The van der Waals surface area contributed by atoms with Crippen molar-refractivity contribution in [3.8, 4) is 11.1 Å². The lowest BCUT2D eigenvalue weighted by atomic mass is 9.83. The molecule has 3 aromatic carbocycles. The van der Waals surface area contributed by atoms with Crippen LogP contribution >= 0.6 is 0 Å². The Kier molecular flexibility index (Phi) is 10.1. The van der Waals surface area contributed by atoms with E-state index >= 15 is 0 Å². The summed E-state index contributed by atoms with van der Waals surface area (Å²) in [5.41, 5.74) is 3.73. The van der Waals surface area contributed by atoms with Crippen LogP contribution in [0.15, 0.2) is 66.7 Å². The molecule has 1 aliphatic heterocycles. The van der Waals surface area contributed by atoms with E-state index in [2.05, 4.69) is 50.8 Å². The summed E-state index contributed by atoms with van der Waals surface area (Å²) in [5, 5.41) is 0. The summed E-state index contributed by atoms with van der Waals surface area (Å²) in [4.78, 5) is 2.41. The molecule has 42 heavy (non-hydrogen) atoms. The Morgan fingerprint density at radius 3 is 1.74 bits per heavy atom. The molecule has 0 radical (unpaired) electrons. The van der Waals surface area contributed by atoms with Gasteiger partial charge in [0.1, 0.15) is 0 Å². The molecule has 0 bridgehead atoms. The molecule has 1 aliphatic rings. The maximum absolute atomic E-state index is 13.2. The van der Waals surface area contributed by atoms with Gasteiger partial charge in [-0.05, 0) is 115 Å². The summed E-state index contributed by atoms with van der Waals surface area (Å²) in [6.45, 7) is 10.3. The molecule has 2 unspecified atom stereocenters. The van der Waals surface area contributed by atoms with Crippen molar-refractivity contribution in [1.29, 1.82) is 0 Å². The third-order valence-electron chi connectivity index (χ3n) is 8.79. The maximum atomic E-state index is 13.2. The zero-order valence-corrected chi connectivity index (χ0v) is 24.8. The van der Waals surface area contributed by atoms with E-state index in [1.807, 2.05) is 0 Å². The normalized spacial score (nSPS) is 17.0. The van der Waals surface area contributed by atoms with Crippen LogP contribution in [0.5, 0.6) is 0 Å². The highest BCUT2D eigenvalue weighted by Crippen LogP contribution is 2.39. The lowest BCUT2D eigenvalue weighted by molar-refractivity contribution is -0.138. The Morgan fingerprint density at radius 1 is 0.690 bits per heavy atom. The molecule has 3 aromatic rings. The molecule has 228 valence electrons. The molecular formula is C35H41F6N. The lowest BCUT2D eigenvalue weighted by Gasteiger charge is -2.38. The van der Waals surface area contributed by atoms with Gasteiger partial charge in [-0.3, -0.25) is 4.90 Å². The van der Waals surface area contributed by atoms with Gasteiger partial charge in [0, 0.05) is 6.04 Å².